The summed E-state index contributed by atoms with van der Waals surface area (Å²) in [7, 11) is 0. The Kier molecular flexibility index (Phi) is 6.13. The average Bonchev–Trinajstić information content (AvgIpc) is 2.83. The Balaban J connectivity index is 2.07. The molecule has 5 nitrogen and oxygen atoms in total. The van der Waals surface area contributed by atoms with Crippen LogP contribution in [-0.4, -0.2) is 35.8 Å². The second kappa shape index (κ2) is 7.88. The first kappa shape index (κ1) is 17.9. The molecule has 0 bridgehead atoms. The van der Waals surface area contributed by atoms with Crippen LogP contribution in [0.1, 0.15) is 32.3 Å². The zero-order valence-corrected chi connectivity index (χ0v) is 14.6. The molecule has 1 aromatic carbocycles. The van der Waals surface area contributed by atoms with Crippen molar-refractivity contribution in [2.75, 3.05) is 6.61 Å². The Morgan fingerprint density at radius 3 is 2.70 bits per heavy atom. The van der Waals surface area contributed by atoms with Crippen LogP contribution in [-0.2, 0) is 20.7 Å². The first-order chi connectivity index (χ1) is 10.9. The lowest BCUT2D eigenvalue weighted by atomic mass is 10.1. The van der Waals surface area contributed by atoms with Gasteiger partial charge >= 0.3 is 6.16 Å². The number of hydrogen-bond donors (Lipinski definition) is 0. The van der Waals surface area contributed by atoms with E-state index in [-0.39, 0.29) is 25.0 Å². The van der Waals surface area contributed by atoms with Gasteiger partial charge in [0.15, 0.2) is 6.23 Å². The van der Waals surface area contributed by atoms with Crippen molar-refractivity contribution in [3.05, 3.63) is 33.8 Å². The van der Waals surface area contributed by atoms with Gasteiger partial charge < -0.3 is 14.4 Å². The number of benzene rings is 1. The standard InChI is InChI=1S/C16H19Cl2NO4/c1-3-22-16(21)23-15-7-4-10(2)19(15)14(20)8-11-5-6-12(17)9-13(11)18/h5-6,9-10,15H,3-4,7-8H2,1-2H3. The maximum absolute atomic E-state index is 12.6. The summed E-state index contributed by atoms with van der Waals surface area (Å²) in [4.78, 5) is 25.7. The molecule has 1 fully saturated rings. The molecule has 2 unspecified atom stereocenters. The molecule has 0 spiro atoms. The van der Waals surface area contributed by atoms with Gasteiger partial charge in [0.2, 0.25) is 5.91 Å². The Bertz CT molecular complexity index is 593. The van der Waals surface area contributed by atoms with Crippen molar-refractivity contribution in [2.45, 2.75) is 45.4 Å². The summed E-state index contributed by atoms with van der Waals surface area (Å²) in [5.41, 5.74) is 0.690. The smallest absolute Gasteiger partial charge is 0.435 e. The molecule has 0 aromatic heterocycles. The minimum Gasteiger partial charge on any atom is -0.435 e. The second-order valence-electron chi connectivity index (χ2n) is 5.40. The third-order valence-corrected chi connectivity index (χ3v) is 4.34. The van der Waals surface area contributed by atoms with Gasteiger partial charge in [-0.1, -0.05) is 29.3 Å². The number of ether oxygens (including phenoxy) is 2. The molecule has 1 saturated heterocycles. The van der Waals surface area contributed by atoms with Crippen LogP contribution in [0.25, 0.3) is 0 Å². The van der Waals surface area contributed by atoms with E-state index in [4.69, 9.17) is 32.7 Å². The number of carbonyl (C=O) groups is 2. The minimum atomic E-state index is -0.756. The number of carbonyl (C=O) groups excluding carboxylic acids is 2. The monoisotopic (exact) mass is 359 g/mol. The van der Waals surface area contributed by atoms with Crippen molar-refractivity contribution in [2.24, 2.45) is 0 Å². The van der Waals surface area contributed by atoms with Gasteiger partial charge in [0, 0.05) is 22.5 Å². The molecular weight excluding hydrogens is 341 g/mol. The van der Waals surface area contributed by atoms with E-state index in [1.807, 2.05) is 6.92 Å². The summed E-state index contributed by atoms with van der Waals surface area (Å²) in [6.07, 6.45) is 0.143. The molecule has 0 saturated carbocycles. The Labute approximate surface area is 145 Å². The Morgan fingerprint density at radius 2 is 2.04 bits per heavy atom. The van der Waals surface area contributed by atoms with E-state index >= 15 is 0 Å². The van der Waals surface area contributed by atoms with Crippen molar-refractivity contribution in [3.8, 4) is 0 Å². The highest BCUT2D eigenvalue weighted by molar-refractivity contribution is 6.35. The molecule has 1 heterocycles. The van der Waals surface area contributed by atoms with Gasteiger partial charge in [-0.2, -0.15) is 0 Å². The molecule has 2 atom stereocenters. The van der Waals surface area contributed by atoms with Crippen molar-refractivity contribution in [1.82, 2.24) is 4.90 Å². The van der Waals surface area contributed by atoms with Crippen LogP contribution in [0.15, 0.2) is 18.2 Å². The fraction of sp³-hybridized carbons (Fsp3) is 0.500. The summed E-state index contributed by atoms with van der Waals surface area (Å²) in [5.74, 6) is -0.145. The molecule has 23 heavy (non-hydrogen) atoms. The first-order valence-electron chi connectivity index (χ1n) is 7.50. The molecule has 1 aliphatic heterocycles. The predicted molar refractivity (Wildman–Crippen MR) is 87.6 cm³/mol. The molecule has 0 radical (unpaired) electrons. The summed E-state index contributed by atoms with van der Waals surface area (Å²) in [6.45, 7) is 3.86. The molecule has 2 rings (SSSR count). The molecule has 7 heteroatoms. The number of halogens is 2. The highest BCUT2D eigenvalue weighted by Gasteiger charge is 2.37. The van der Waals surface area contributed by atoms with E-state index in [9.17, 15) is 9.59 Å². The van der Waals surface area contributed by atoms with Gasteiger partial charge in [0.1, 0.15) is 0 Å². The third-order valence-electron chi connectivity index (χ3n) is 3.76. The fourth-order valence-electron chi connectivity index (χ4n) is 2.65. The highest BCUT2D eigenvalue weighted by Crippen LogP contribution is 2.28. The maximum Gasteiger partial charge on any atom is 0.510 e. The largest absolute Gasteiger partial charge is 0.510 e. The zero-order valence-electron chi connectivity index (χ0n) is 13.1. The van der Waals surface area contributed by atoms with Crippen LogP contribution < -0.4 is 0 Å². The maximum atomic E-state index is 12.6. The average molecular weight is 360 g/mol. The van der Waals surface area contributed by atoms with Gasteiger partial charge in [-0.15, -0.1) is 0 Å². The van der Waals surface area contributed by atoms with E-state index in [0.717, 1.165) is 6.42 Å². The lowest BCUT2D eigenvalue weighted by Gasteiger charge is -2.28. The predicted octanol–water partition coefficient (Wildman–Crippen LogP) is 4.05. The normalized spacial score (nSPS) is 20.4. The number of nitrogens with zero attached hydrogens (tertiary/aromatic N) is 1. The van der Waals surface area contributed by atoms with Crippen LogP contribution in [0.2, 0.25) is 10.0 Å². The Hall–Kier alpha value is -1.46. The summed E-state index contributed by atoms with van der Waals surface area (Å²) in [6, 6.07) is 5.01. The van der Waals surface area contributed by atoms with Gasteiger partial charge in [0.05, 0.1) is 13.0 Å². The zero-order chi connectivity index (χ0) is 17.0. The van der Waals surface area contributed by atoms with Crippen LogP contribution >= 0.6 is 23.2 Å². The third kappa shape index (κ3) is 4.52. The number of rotatable bonds is 4. The fourth-order valence-corrected chi connectivity index (χ4v) is 3.13. The van der Waals surface area contributed by atoms with E-state index < -0.39 is 12.4 Å². The van der Waals surface area contributed by atoms with E-state index in [2.05, 4.69) is 0 Å². The van der Waals surface area contributed by atoms with Gasteiger partial charge in [-0.05, 0) is 38.0 Å². The lowest BCUT2D eigenvalue weighted by Crippen LogP contribution is -2.43. The van der Waals surface area contributed by atoms with Crippen LogP contribution in [0.3, 0.4) is 0 Å². The van der Waals surface area contributed by atoms with Gasteiger partial charge in [-0.3, -0.25) is 4.79 Å². The molecule has 1 amide bonds. The van der Waals surface area contributed by atoms with Gasteiger partial charge in [0.25, 0.3) is 0 Å². The first-order valence-corrected chi connectivity index (χ1v) is 8.26. The van der Waals surface area contributed by atoms with E-state index in [1.54, 1.807) is 30.0 Å². The van der Waals surface area contributed by atoms with Crippen LogP contribution in [0, 0.1) is 0 Å². The summed E-state index contributed by atoms with van der Waals surface area (Å²) >= 11 is 12.0. The highest BCUT2D eigenvalue weighted by atomic mass is 35.5. The van der Waals surface area contributed by atoms with Crippen molar-refractivity contribution >= 4 is 35.3 Å². The molecule has 0 aliphatic carbocycles. The van der Waals surface area contributed by atoms with E-state index in [1.165, 1.54) is 0 Å². The molecule has 1 aliphatic rings. The molecule has 1 aromatic rings. The Morgan fingerprint density at radius 1 is 1.30 bits per heavy atom. The van der Waals surface area contributed by atoms with Crippen molar-refractivity contribution < 1.29 is 19.1 Å². The van der Waals surface area contributed by atoms with Crippen molar-refractivity contribution in [3.63, 3.8) is 0 Å². The van der Waals surface area contributed by atoms with Crippen molar-refractivity contribution in [1.29, 1.82) is 0 Å². The molecule has 0 N–H and O–H groups in total. The second-order valence-corrected chi connectivity index (χ2v) is 6.24. The SMILES string of the molecule is CCOC(=O)OC1CCC(C)N1C(=O)Cc1ccc(Cl)cc1Cl. The summed E-state index contributed by atoms with van der Waals surface area (Å²) in [5, 5.41) is 0.963. The van der Waals surface area contributed by atoms with Gasteiger partial charge in [-0.25, -0.2) is 4.79 Å². The number of hydrogen-bond acceptors (Lipinski definition) is 4. The molecular formula is C16H19Cl2NO4. The summed E-state index contributed by atoms with van der Waals surface area (Å²) < 4.78 is 10.0. The minimum absolute atomic E-state index is 0.00648. The van der Waals surface area contributed by atoms with E-state index in [0.29, 0.717) is 22.0 Å². The topological polar surface area (TPSA) is 55.8 Å². The van der Waals surface area contributed by atoms with Crippen LogP contribution in [0.5, 0.6) is 0 Å². The number of amides is 1. The quantitative estimate of drug-likeness (QED) is 0.761. The lowest BCUT2D eigenvalue weighted by molar-refractivity contribution is -0.141. The molecule has 126 valence electrons. The number of likely N-dealkylation sites (tertiary alicyclic amines) is 1. The van der Waals surface area contributed by atoms with Crippen LogP contribution in [0.4, 0.5) is 4.79 Å².